The maximum Gasteiger partial charge on any atom is 0.416 e. The number of hydrogen-bond donors (Lipinski definition) is 0. The normalized spacial score (nSPS) is 13.8. The van der Waals surface area contributed by atoms with Crippen LogP contribution in [-0.4, -0.2) is 16.1 Å². The van der Waals surface area contributed by atoms with E-state index in [9.17, 15) is 13.2 Å². The fourth-order valence-corrected chi connectivity index (χ4v) is 2.49. The van der Waals surface area contributed by atoms with E-state index >= 15 is 0 Å². The van der Waals surface area contributed by atoms with Crippen LogP contribution in [0.25, 0.3) is 0 Å². The molecule has 0 amide bonds. The molecule has 16 heavy (non-hydrogen) atoms. The minimum atomic E-state index is -4.31. The average molecular weight is 270 g/mol. The van der Waals surface area contributed by atoms with E-state index in [0.717, 1.165) is 18.6 Å². The molecule has 0 aliphatic carbocycles. The average Bonchev–Trinajstić information content (AvgIpc) is 2.17. The van der Waals surface area contributed by atoms with Gasteiger partial charge in [-0.25, -0.2) is 4.98 Å². The summed E-state index contributed by atoms with van der Waals surface area (Å²) in [5.41, 5.74) is -0.664. The van der Waals surface area contributed by atoms with Crippen molar-refractivity contribution in [3.8, 4) is 0 Å². The number of aromatic nitrogens is 1. The molecule has 1 nitrogen and oxygen atoms in total. The van der Waals surface area contributed by atoms with Gasteiger partial charge in [0.1, 0.15) is 0 Å². The molecular weight excluding hydrogens is 259 g/mol. The van der Waals surface area contributed by atoms with Gasteiger partial charge >= 0.3 is 6.18 Å². The summed E-state index contributed by atoms with van der Waals surface area (Å²) in [6, 6.07) is 2.03. The van der Waals surface area contributed by atoms with E-state index in [2.05, 4.69) is 4.98 Å². The van der Waals surface area contributed by atoms with Gasteiger partial charge in [0.15, 0.2) is 0 Å². The molecule has 0 saturated heterocycles. The second kappa shape index (κ2) is 5.77. The smallest absolute Gasteiger partial charge is 0.250 e. The predicted molar refractivity (Wildman–Crippen MR) is 59.9 cm³/mol. The van der Waals surface area contributed by atoms with Crippen molar-refractivity contribution in [2.75, 3.05) is 5.88 Å². The zero-order valence-corrected chi connectivity index (χ0v) is 10.2. The van der Waals surface area contributed by atoms with Crippen molar-refractivity contribution < 1.29 is 13.2 Å². The third-order valence-electron chi connectivity index (χ3n) is 1.90. The molecule has 0 radical (unpaired) electrons. The summed E-state index contributed by atoms with van der Waals surface area (Å²) in [5.74, 6) is 0.493. The molecule has 6 heteroatoms. The zero-order valence-electron chi connectivity index (χ0n) is 8.59. The van der Waals surface area contributed by atoms with E-state index in [0.29, 0.717) is 10.9 Å². The number of pyridine rings is 1. The number of rotatable bonds is 4. The molecular formula is C10H11ClF3NS. The number of halogens is 4. The van der Waals surface area contributed by atoms with Crippen molar-refractivity contribution in [2.45, 2.75) is 29.8 Å². The summed E-state index contributed by atoms with van der Waals surface area (Å²) in [6.07, 6.45) is -2.39. The number of alkyl halides is 4. The topological polar surface area (TPSA) is 12.9 Å². The first-order chi connectivity index (χ1) is 7.43. The first-order valence-corrected chi connectivity index (χ1v) is 6.10. The summed E-state index contributed by atoms with van der Waals surface area (Å²) in [7, 11) is 0. The zero-order chi connectivity index (χ0) is 12.2. The van der Waals surface area contributed by atoms with Gasteiger partial charge in [0.2, 0.25) is 0 Å². The van der Waals surface area contributed by atoms with Crippen LogP contribution < -0.4 is 0 Å². The van der Waals surface area contributed by atoms with Gasteiger partial charge in [-0.3, -0.25) is 0 Å². The van der Waals surface area contributed by atoms with E-state index in [-0.39, 0.29) is 5.25 Å². The lowest BCUT2D eigenvalue weighted by Gasteiger charge is -2.10. The molecule has 1 rings (SSSR count). The van der Waals surface area contributed by atoms with Crippen LogP contribution in [-0.2, 0) is 6.18 Å². The third-order valence-corrected chi connectivity index (χ3v) is 3.22. The first kappa shape index (κ1) is 13.6. The standard InChI is InChI=1S/C10H11ClF3NS/c1-7(2-4-11)16-9-6-8(3-5-15-9)10(12,13)14/h3,5-7H,2,4H2,1H3. The Kier molecular flexibility index (Phi) is 4.92. The van der Waals surface area contributed by atoms with Crippen LogP contribution in [0.5, 0.6) is 0 Å². The molecule has 0 spiro atoms. The molecule has 1 unspecified atom stereocenters. The van der Waals surface area contributed by atoms with Crippen LogP contribution in [0.3, 0.4) is 0 Å². The molecule has 0 fully saturated rings. The lowest BCUT2D eigenvalue weighted by Crippen LogP contribution is -2.06. The molecule has 0 aliphatic heterocycles. The van der Waals surface area contributed by atoms with Crippen molar-refractivity contribution in [1.29, 1.82) is 0 Å². The van der Waals surface area contributed by atoms with E-state index in [1.54, 1.807) is 0 Å². The fraction of sp³-hybridized carbons (Fsp3) is 0.500. The largest absolute Gasteiger partial charge is 0.416 e. The monoisotopic (exact) mass is 269 g/mol. The predicted octanol–water partition coefficient (Wildman–Crippen LogP) is 4.21. The second-order valence-electron chi connectivity index (χ2n) is 3.29. The van der Waals surface area contributed by atoms with Gasteiger partial charge in [0.25, 0.3) is 0 Å². The van der Waals surface area contributed by atoms with Crippen molar-refractivity contribution in [3.05, 3.63) is 23.9 Å². The lowest BCUT2D eigenvalue weighted by atomic mass is 10.3. The van der Waals surface area contributed by atoms with Crippen LogP contribution in [0.15, 0.2) is 23.4 Å². The summed E-state index contributed by atoms with van der Waals surface area (Å²) in [6.45, 7) is 1.91. The molecule has 90 valence electrons. The Morgan fingerprint density at radius 3 is 2.75 bits per heavy atom. The number of thioether (sulfide) groups is 1. The van der Waals surface area contributed by atoms with Crippen molar-refractivity contribution in [2.24, 2.45) is 0 Å². The van der Waals surface area contributed by atoms with Gasteiger partial charge in [-0.05, 0) is 18.6 Å². The Labute approximate surface area is 101 Å². The summed E-state index contributed by atoms with van der Waals surface area (Å²) >= 11 is 6.86. The third kappa shape index (κ3) is 4.22. The van der Waals surface area contributed by atoms with Gasteiger partial charge in [-0.1, -0.05) is 6.92 Å². The van der Waals surface area contributed by atoms with Crippen molar-refractivity contribution in [1.82, 2.24) is 4.98 Å². The van der Waals surface area contributed by atoms with E-state index in [1.165, 1.54) is 18.0 Å². The Balaban J connectivity index is 2.75. The van der Waals surface area contributed by atoms with E-state index in [4.69, 9.17) is 11.6 Å². The van der Waals surface area contributed by atoms with Gasteiger partial charge in [0, 0.05) is 17.3 Å². The van der Waals surface area contributed by atoms with Crippen LogP contribution in [0.2, 0.25) is 0 Å². The van der Waals surface area contributed by atoms with E-state index < -0.39 is 11.7 Å². The second-order valence-corrected chi connectivity index (χ2v) is 5.12. The summed E-state index contributed by atoms with van der Waals surface area (Å²) < 4.78 is 37.2. The number of hydrogen-bond acceptors (Lipinski definition) is 2. The van der Waals surface area contributed by atoms with Crippen LogP contribution >= 0.6 is 23.4 Å². The molecule has 0 aliphatic rings. The van der Waals surface area contributed by atoms with Gasteiger partial charge in [-0.15, -0.1) is 23.4 Å². The Morgan fingerprint density at radius 2 is 2.19 bits per heavy atom. The van der Waals surface area contributed by atoms with Crippen molar-refractivity contribution >= 4 is 23.4 Å². The highest BCUT2D eigenvalue weighted by Crippen LogP contribution is 2.32. The Hall–Kier alpha value is -0.420. The van der Waals surface area contributed by atoms with Gasteiger partial charge < -0.3 is 0 Å². The highest BCUT2D eigenvalue weighted by Gasteiger charge is 2.30. The summed E-state index contributed by atoms with van der Waals surface area (Å²) in [4.78, 5) is 3.90. The molecule has 0 aromatic carbocycles. The molecule has 1 aromatic heterocycles. The van der Waals surface area contributed by atoms with Crippen molar-refractivity contribution in [3.63, 3.8) is 0 Å². The number of nitrogens with zero attached hydrogens (tertiary/aromatic N) is 1. The maximum absolute atomic E-state index is 12.4. The van der Waals surface area contributed by atoms with Gasteiger partial charge in [-0.2, -0.15) is 13.2 Å². The van der Waals surface area contributed by atoms with Crippen LogP contribution in [0, 0.1) is 0 Å². The van der Waals surface area contributed by atoms with Crippen LogP contribution in [0.4, 0.5) is 13.2 Å². The minimum absolute atomic E-state index is 0.161. The first-order valence-electron chi connectivity index (χ1n) is 4.69. The fourth-order valence-electron chi connectivity index (χ4n) is 1.07. The Morgan fingerprint density at radius 1 is 1.50 bits per heavy atom. The van der Waals surface area contributed by atoms with Gasteiger partial charge in [0.05, 0.1) is 10.6 Å². The SMILES string of the molecule is CC(CCCl)Sc1cc(C(F)(F)F)ccn1. The highest BCUT2D eigenvalue weighted by atomic mass is 35.5. The molecule has 1 heterocycles. The molecule has 1 aromatic rings. The minimum Gasteiger partial charge on any atom is -0.250 e. The molecule has 0 N–H and O–H groups in total. The quantitative estimate of drug-likeness (QED) is 0.600. The maximum atomic E-state index is 12.4. The van der Waals surface area contributed by atoms with E-state index in [1.807, 2.05) is 6.92 Å². The molecule has 1 atom stereocenters. The summed E-state index contributed by atoms with van der Waals surface area (Å²) in [5, 5.41) is 0.543. The van der Waals surface area contributed by atoms with Crippen LogP contribution in [0.1, 0.15) is 18.9 Å². The molecule has 0 bridgehead atoms. The lowest BCUT2D eigenvalue weighted by molar-refractivity contribution is -0.137. The highest BCUT2D eigenvalue weighted by molar-refractivity contribution is 7.99. The Bertz CT molecular complexity index is 343. The molecule has 0 saturated carbocycles.